The van der Waals surface area contributed by atoms with Crippen LogP contribution in [0.5, 0.6) is 0 Å². The lowest BCUT2D eigenvalue weighted by Gasteiger charge is -2.17. The fraction of sp³-hybridized carbons (Fsp3) is 0.235. The van der Waals surface area contributed by atoms with Crippen molar-refractivity contribution >= 4 is 17.3 Å². The summed E-state index contributed by atoms with van der Waals surface area (Å²) in [5.41, 5.74) is 3.39. The number of amides is 1. The Labute approximate surface area is 128 Å². The van der Waals surface area contributed by atoms with E-state index in [1.54, 1.807) is 11.0 Å². The lowest BCUT2D eigenvalue weighted by molar-refractivity contribution is -0.384. The summed E-state index contributed by atoms with van der Waals surface area (Å²) < 4.78 is 0. The minimum absolute atomic E-state index is 0.00672. The van der Waals surface area contributed by atoms with E-state index in [4.69, 9.17) is 0 Å². The number of rotatable bonds is 3. The monoisotopic (exact) mass is 296 g/mol. The van der Waals surface area contributed by atoms with Crippen LogP contribution in [0.1, 0.15) is 16.7 Å². The summed E-state index contributed by atoms with van der Waals surface area (Å²) >= 11 is 0. The van der Waals surface area contributed by atoms with Crippen LogP contribution in [0, 0.1) is 17.0 Å². The van der Waals surface area contributed by atoms with Crippen molar-refractivity contribution < 1.29 is 9.72 Å². The molecule has 0 atom stereocenters. The Morgan fingerprint density at radius 2 is 1.95 bits per heavy atom. The van der Waals surface area contributed by atoms with Gasteiger partial charge in [-0.3, -0.25) is 14.9 Å². The summed E-state index contributed by atoms with van der Waals surface area (Å²) in [5, 5.41) is 11.2. The Balaban J connectivity index is 1.88. The van der Waals surface area contributed by atoms with Gasteiger partial charge in [0.2, 0.25) is 5.91 Å². The number of para-hydroxylation sites is 1. The van der Waals surface area contributed by atoms with Gasteiger partial charge in [-0.15, -0.1) is 0 Å². The molecule has 1 amide bonds. The van der Waals surface area contributed by atoms with Gasteiger partial charge in [0.15, 0.2) is 0 Å². The highest BCUT2D eigenvalue weighted by Crippen LogP contribution is 2.37. The normalized spacial score (nSPS) is 13.0. The maximum atomic E-state index is 12.5. The van der Waals surface area contributed by atoms with Gasteiger partial charge >= 0.3 is 0 Å². The molecule has 0 radical (unpaired) electrons. The van der Waals surface area contributed by atoms with Crippen LogP contribution in [0.25, 0.3) is 0 Å². The molecular formula is C17H16N2O3. The number of fused-ring (bicyclic) bond motifs is 1. The Bertz CT molecular complexity index is 738. The molecular weight excluding hydrogens is 280 g/mol. The number of nitro groups is 1. The molecule has 0 spiro atoms. The SMILES string of the molecule is Cc1ccc(CC(=O)N2CCc3cccc([N+](=O)[O-])c32)cc1. The Morgan fingerprint density at radius 3 is 2.64 bits per heavy atom. The Kier molecular flexibility index (Phi) is 3.63. The van der Waals surface area contributed by atoms with Gasteiger partial charge in [0.25, 0.3) is 5.69 Å². The first-order valence-electron chi connectivity index (χ1n) is 7.18. The zero-order chi connectivity index (χ0) is 15.7. The second kappa shape index (κ2) is 5.60. The van der Waals surface area contributed by atoms with Crippen molar-refractivity contribution in [2.45, 2.75) is 19.8 Å². The fourth-order valence-corrected chi connectivity index (χ4v) is 2.81. The highest BCUT2D eigenvalue weighted by molar-refractivity contribution is 5.99. The van der Waals surface area contributed by atoms with E-state index in [0.29, 0.717) is 18.7 Å². The number of hydrogen-bond donors (Lipinski definition) is 0. The topological polar surface area (TPSA) is 63.5 Å². The molecule has 22 heavy (non-hydrogen) atoms. The third-order valence-electron chi connectivity index (χ3n) is 3.95. The number of nitro benzene ring substituents is 1. The summed E-state index contributed by atoms with van der Waals surface area (Å²) in [5.74, 6) is -0.100. The van der Waals surface area contributed by atoms with Gasteiger partial charge in [-0.25, -0.2) is 0 Å². The molecule has 0 saturated heterocycles. The number of aryl methyl sites for hydroxylation is 1. The minimum atomic E-state index is -0.420. The first-order valence-corrected chi connectivity index (χ1v) is 7.18. The molecule has 5 nitrogen and oxygen atoms in total. The lowest BCUT2D eigenvalue weighted by atomic mass is 10.1. The molecule has 0 unspecified atom stereocenters. The molecule has 0 fully saturated rings. The zero-order valence-electron chi connectivity index (χ0n) is 12.3. The third-order valence-corrected chi connectivity index (χ3v) is 3.95. The number of hydrogen-bond acceptors (Lipinski definition) is 3. The molecule has 0 saturated carbocycles. The maximum Gasteiger partial charge on any atom is 0.293 e. The van der Waals surface area contributed by atoms with Gasteiger partial charge in [-0.05, 0) is 24.5 Å². The second-order valence-corrected chi connectivity index (χ2v) is 5.50. The van der Waals surface area contributed by atoms with E-state index in [1.807, 2.05) is 37.3 Å². The number of nitrogens with zero attached hydrogens (tertiary/aromatic N) is 2. The summed E-state index contributed by atoms with van der Waals surface area (Å²) in [6.45, 7) is 2.50. The van der Waals surface area contributed by atoms with Gasteiger partial charge in [-0.2, -0.15) is 0 Å². The van der Waals surface area contributed by atoms with Crippen LogP contribution < -0.4 is 4.90 Å². The highest BCUT2D eigenvalue weighted by Gasteiger charge is 2.31. The van der Waals surface area contributed by atoms with Gasteiger partial charge < -0.3 is 4.90 Å². The number of anilines is 1. The molecule has 0 bridgehead atoms. The van der Waals surface area contributed by atoms with E-state index >= 15 is 0 Å². The predicted octanol–water partition coefficient (Wildman–Crippen LogP) is 3.04. The third kappa shape index (κ3) is 2.57. The molecule has 2 aromatic rings. The molecule has 5 heteroatoms. The van der Waals surface area contributed by atoms with Crippen LogP contribution in [0.2, 0.25) is 0 Å². The molecule has 1 aliphatic heterocycles. The summed E-state index contributed by atoms with van der Waals surface area (Å²) in [7, 11) is 0. The Morgan fingerprint density at radius 1 is 1.23 bits per heavy atom. The van der Waals surface area contributed by atoms with Crippen LogP contribution in [0.4, 0.5) is 11.4 Å². The van der Waals surface area contributed by atoms with Crippen molar-refractivity contribution in [2.24, 2.45) is 0 Å². The maximum absolute atomic E-state index is 12.5. The van der Waals surface area contributed by atoms with Gasteiger partial charge in [0, 0.05) is 12.6 Å². The zero-order valence-corrected chi connectivity index (χ0v) is 12.3. The number of carbonyl (C=O) groups excluding carboxylic acids is 1. The van der Waals surface area contributed by atoms with Crippen LogP contribution in [0.15, 0.2) is 42.5 Å². The molecule has 0 aliphatic carbocycles. The molecule has 0 aromatic heterocycles. The van der Waals surface area contributed by atoms with Crippen LogP contribution >= 0.6 is 0 Å². The van der Waals surface area contributed by atoms with Crippen LogP contribution in [-0.4, -0.2) is 17.4 Å². The predicted molar refractivity (Wildman–Crippen MR) is 84.0 cm³/mol. The number of carbonyl (C=O) groups is 1. The van der Waals surface area contributed by atoms with E-state index < -0.39 is 4.92 Å². The van der Waals surface area contributed by atoms with Crippen molar-refractivity contribution in [3.05, 3.63) is 69.3 Å². The lowest BCUT2D eigenvalue weighted by Crippen LogP contribution is -2.30. The summed E-state index contributed by atoms with van der Waals surface area (Å²) in [6.07, 6.45) is 0.919. The van der Waals surface area contributed by atoms with Gasteiger partial charge in [0.1, 0.15) is 5.69 Å². The van der Waals surface area contributed by atoms with Crippen molar-refractivity contribution in [3.8, 4) is 0 Å². The molecule has 0 N–H and O–H groups in total. The van der Waals surface area contributed by atoms with E-state index in [9.17, 15) is 14.9 Å². The smallest absolute Gasteiger partial charge is 0.293 e. The second-order valence-electron chi connectivity index (χ2n) is 5.50. The average Bonchev–Trinajstić information content (AvgIpc) is 2.93. The molecule has 3 rings (SSSR count). The Hall–Kier alpha value is -2.69. The van der Waals surface area contributed by atoms with Crippen molar-refractivity contribution in [1.29, 1.82) is 0 Å². The summed E-state index contributed by atoms with van der Waals surface area (Å²) in [4.78, 5) is 24.9. The van der Waals surface area contributed by atoms with Crippen molar-refractivity contribution in [1.82, 2.24) is 0 Å². The molecule has 1 aliphatic rings. The molecule has 2 aromatic carbocycles. The quantitative estimate of drug-likeness (QED) is 0.646. The van der Waals surface area contributed by atoms with Crippen LogP contribution in [-0.2, 0) is 17.6 Å². The van der Waals surface area contributed by atoms with E-state index in [1.165, 1.54) is 6.07 Å². The van der Waals surface area contributed by atoms with Crippen molar-refractivity contribution in [3.63, 3.8) is 0 Å². The average molecular weight is 296 g/mol. The first-order chi connectivity index (χ1) is 10.6. The summed E-state index contributed by atoms with van der Waals surface area (Å²) in [6, 6.07) is 12.7. The highest BCUT2D eigenvalue weighted by atomic mass is 16.6. The van der Waals surface area contributed by atoms with E-state index in [0.717, 1.165) is 16.7 Å². The van der Waals surface area contributed by atoms with Gasteiger partial charge in [0.05, 0.1) is 11.3 Å². The minimum Gasteiger partial charge on any atom is -0.306 e. The largest absolute Gasteiger partial charge is 0.306 e. The molecule has 112 valence electrons. The van der Waals surface area contributed by atoms with Gasteiger partial charge in [-0.1, -0.05) is 42.0 Å². The van der Waals surface area contributed by atoms with E-state index in [2.05, 4.69) is 0 Å². The van der Waals surface area contributed by atoms with Crippen molar-refractivity contribution in [2.75, 3.05) is 11.4 Å². The first kappa shape index (κ1) is 14.3. The van der Waals surface area contributed by atoms with E-state index in [-0.39, 0.29) is 18.0 Å². The fourth-order valence-electron chi connectivity index (χ4n) is 2.81. The molecule has 1 heterocycles. The number of benzene rings is 2. The standard InChI is InChI=1S/C17H16N2O3/c1-12-5-7-13(8-6-12)11-16(20)18-10-9-14-3-2-4-15(17(14)18)19(21)22/h2-8H,9-11H2,1H3. The van der Waals surface area contributed by atoms with Crippen LogP contribution in [0.3, 0.4) is 0 Å².